The smallest absolute Gasteiger partial charge is 0.340 e. The van der Waals surface area contributed by atoms with Crippen LogP contribution >= 0.6 is 0 Å². The molecule has 9 heteroatoms. The molecule has 1 aromatic carbocycles. The van der Waals surface area contributed by atoms with Crippen LogP contribution in [0.4, 0.5) is 8.78 Å². The van der Waals surface area contributed by atoms with E-state index in [2.05, 4.69) is 4.72 Å². The lowest BCUT2D eigenvalue weighted by Gasteiger charge is -2.29. The Kier molecular flexibility index (Phi) is 6.84. The van der Waals surface area contributed by atoms with Gasteiger partial charge in [0.1, 0.15) is 28.5 Å². The van der Waals surface area contributed by atoms with Gasteiger partial charge in [-0.3, -0.25) is 0 Å². The zero-order valence-corrected chi connectivity index (χ0v) is 15.6. The van der Waals surface area contributed by atoms with E-state index >= 15 is 0 Å². The number of hydrogen-bond donors (Lipinski definition) is 2. The van der Waals surface area contributed by atoms with E-state index in [-0.39, 0.29) is 17.4 Å². The van der Waals surface area contributed by atoms with Crippen LogP contribution in [0.15, 0.2) is 18.2 Å². The number of aliphatic carboxylic acids is 1. The molecule has 1 heterocycles. The standard InChI is InChI=1S/C17H23F2NO5S/c1-17(2,3)26(23)20-15(14(19)16(21)22)12-8-10(4-5-13(12)18)25-11-6-7-24-9-11/h4-5,8,11,14-15,20H,6-7,9H2,1-3H3,(H,21,22)/t11-,14-,15+,26-/m1/s1. The monoisotopic (exact) mass is 391 g/mol. The zero-order valence-electron chi connectivity index (χ0n) is 14.8. The Morgan fingerprint density at radius 3 is 2.73 bits per heavy atom. The van der Waals surface area contributed by atoms with Gasteiger partial charge in [-0.15, -0.1) is 4.72 Å². The summed E-state index contributed by atoms with van der Waals surface area (Å²) in [6.07, 6.45) is -2.02. The van der Waals surface area contributed by atoms with Crippen molar-refractivity contribution in [2.45, 2.75) is 50.3 Å². The first-order valence-corrected chi connectivity index (χ1v) is 9.33. The summed E-state index contributed by atoms with van der Waals surface area (Å²) in [6, 6.07) is 2.06. The molecule has 2 rings (SSSR count). The molecule has 4 atom stereocenters. The summed E-state index contributed by atoms with van der Waals surface area (Å²) < 4.78 is 53.5. The molecule has 0 bridgehead atoms. The van der Waals surface area contributed by atoms with Crippen LogP contribution in [0.1, 0.15) is 38.8 Å². The maximum absolute atomic E-state index is 14.3. The fourth-order valence-electron chi connectivity index (χ4n) is 2.35. The molecule has 1 aliphatic heterocycles. The first kappa shape index (κ1) is 20.9. The average Bonchev–Trinajstić information content (AvgIpc) is 3.05. The minimum atomic E-state index is -2.49. The van der Waals surface area contributed by atoms with Gasteiger partial charge < -0.3 is 19.1 Å². The number of nitrogens with one attached hydrogen (secondary N) is 1. The van der Waals surface area contributed by atoms with E-state index in [9.17, 15) is 18.1 Å². The Balaban J connectivity index is 2.31. The molecule has 0 aliphatic carbocycles. The lowest BCUT2D eigenvalue weighted by atomic mass is 10.0. The van der Waals surface area contributed by atoms with Crippen molar-refractivity contribution in [3.05, 3.63) is 29.6 Å². The maximum Gasteiger partial charge on any atom is 0.340 e. The van der Waals surface area contributed by atoms with Gasteiger partial charge >= 0.3 is 5.97 Å². The topological polar surface area (TPSA) is 90.9 Å². The van der Waals surface area contributed by atoms with Crippen molar-refractivity contribution in [1.82, 2.24) is 4.72 Å². The lowest BCUT2D eigenvalue weighted by molar-refractivity contribution is -0.143. The summed E-state index contributed by atoms with van der Waals surface area (Å²) in [5.41, 5.74) is -0.256. The van der Waals surface area contributed by atoms with E-state index in [1.165, 1.54) is 12.1 Å². The predicted octanol–water partition coefficient (Wildman–Crippen LogP) is 2.51. The number of ether oxygens (including phenoxy) is 2. The van der Waals surface area contributed by atoms with Crippen LogP contribution in [0.25, 0.3) is 0 Å². The van der Waals surface area contributed by atoms with E-state index < -0.39 is 40.1 Å². The maximum atomic E-state index is 14.3. The van der Waals surface area contributed by atoms with E-state index in [1.807, 2.05) is 0 Å². The van der Waals surface area contributed by atoms with Crippen molar-refractivity contribution in [1.29, 1.82) is 0 Å². The van der Waals surface area contributed by atoms with Gasteiger partial charge in [0.15, 0.2) is 0 Å². The molecule has 0 radical (unpaired) electrons. The second-order valence-corrected chi connectivity index (χ2v) is 9.00. The third kappa shape index (κ3) is 5.29. The number of rotatable bonds is 7. The highest BCUT2D eigenvalue weighted by atomic mass is 32.2. The summed E-state index contributed by atoms with van der Waals surface area (Å²) in [7, 11) is 0. The number of hydrogen-bond acceptors (Lipinski definition) is 5. The number of carboxylic acids is 1. The van der Waals surface area contributed by atoms with E-state index in [0.717, 1.165) is 6.07 Å². The fourth-order valence-corrected chi connectivity index (χ4v) is 3.18. The SMILES string of the molecule is CC(C)(C)[S@@+]([O-])N[C@@H](c1cc(O[C@@H]2CCOC2)ccc1F)[C@@H](F)C(=O)O. The summed E-state index contributed by atoms with van der Waals surface area (Å²) in [4.78, 5) is 11.1. The van der Waals surface area contributed by atoms with Crippen molar-refractivity contribution in [3.8, 4) is 5.75 Å². The van der Waals surface area contributed by atoms with Crippen LogP contribution in [0.2, 0.25) is 0 Å². The minimum absolute atomic E-state index is 0.205. The van der Waals surface area contributed by atoms with Gasteiger partial charge in [0, 0.05) is 23.3 Å². The Morgan fingerprint density at radius 1 is 1.50 bits per heavy atom. The molecule has 2 N–H and O–H groups in total. The van der Waals surface area contributed by atoms with Crippen LogP contribution in [-0.2, 0) is 20.9 Å². The van der Waals surface area contributed by atoms with Gasteiger partial charge in [-0.05, 0) is 39.0 Å². The molecule has 6 nitrogen and oxygen atoms in total. The molecule has 0 spiro atoms. The van der Waals surface area contributed by atoms with E-state index in [0.29, 0.717) is 19.6 Å². The quantitative estimate of drug-likeness (QED) is 0.694. The molecule has 0 aromatic heterocycles. The van der Waals surface area contributed by atoms with Crippen molar-refractivity contribution < 1.29 is 32.7 Å². The van der Waals surface area contributed by atoms with Gasteiger partial charge in [-0.2, -0.15) is 0 Å². The number of carboxylic acid groups (broad SMARTS) is 1. The van der Waals surface area contributed by atoms with Crippen LogP contribution in [0, 0.1) is 5.82 Å². The number of halogens is 2. The van der Waals surface area contributed by atoms with Crippen LogP contribution < -0.4 is 9.46 Å². The third-order valence-electron chi connectivity index (χ3n) is 3.81. The van der Waals surface area contributed by atoms with Gasteiger partial charge in [-0.25, -0.2) is 13.6 Å². The molecule has 1 aliphatic rings. The summed E-state index contributed by atoms with van der Waals surface area (Å²) in [5, 5.41) is 9.04. The van der Waals surface area contributed by atoms with Crippen LogP contribution in [0.3, 0.4) is 0 Å². The van der Waals surface area contributed by atoms with Gasteiger partial charge in [0.25, 0.3) is 0 Å². The zero-order chi connectivity index (χ0) is 19.5. The molecular formula is C17H23F2NO5S. The predicted molar refractivity (Wildman–Crippen MR) is 92.6 cm³/mol. The van der Waals surface area contributed by atoms with Crippen LogP contribution in [-0.4, -0.2) is 45.9 Å². The lowest BCUT2D eigenvalue weighted by Crippen LogP contribution is -2.45. The number of alkyl halides is 1. The Hall–Kier alpha value is -1.42. The normalized spacial score (nSPS) is 21.2. The molecule has 0 unspecified atom stereocenters. The van der Waals surface area contributed by atoms with Crippen molar-refractivity contribution in [2.24, 2.45) is 0 Å². The van der Waals surface area contributed by atoms with Gasteiger partial charge in [0.2, 0.25) is 6.17 Å². The molecule has 146 valence electrons. The van der Waals surface area contributed by atoms with E-state index in [4.69, 9.17) is 14.6 Å². The highest BCUT2D eigenvalue weighted by Crippen LogP contribution is 2.30. The Bertz CT molecular complexity index is 634. The van der Waals surface area contributed by atoms with Gasteiger partial charge in [-0.1, -0.05) is 0 Å². The summed E-state index contributed by atoms with van der Waals surface area (Å²) >= 11 is -1.80. The first-order valence-electron chi connectivity index (χ1n) is 8.18. The van der Waals surface area contributed by atoms with E-state index in [1.54, 1.807) is 20.8 Å². The van der Waals surface area contributed by atoms with Crippen LogP contribution in [0.5, 0.6) is 5.75 Å². The van der Waals surface area contributed by atoms with Crippen molar-refractivity contribution in [3.63, 3.8) is 0 Å². The fraction of sp³-hybridized carbons (Fsp3) is 0.588. The molecule has 0 saturated carbocycles. The molecule has 1 fully saturated rings. The summed E-state index contributed by atoms with van der Waals surface area (Å²) in [5.74, 6) is -2.32. The second kappa shape index (κ2) is 8.51. The molecular weight excluding hydrogens is 368 g/mol. The molecule has 26 heavy (non-hydrogen) atoms. The molecule has 1 saturated heterocycles. The first-order chi connectivity index (χ1) is 12.1. The largest absolute Gasteiger partial charge is 0.598 e. The van der Waals surface area contributed by atoms with Crippen molar-refractivity contribution >= 4 is 17.3 Å². The number of benzene rings is 1. The molecule has 0 amide bonds. The Labute approximate surface area is 154 Å². The highest BCUT2D eigenvalue weighted by Gasteiger charge is 2.38. The van der Waals surface area contributed by atoms with Gasteiger partial charge in [0.05, 0.1) is 13.2 Å². The third-order valence-corrected chi connectivity index (χ3v) is 5.39. The highest BCUT2D eigenvalue weighted by molar-refractivity contribution is 7.90. The Morgan fingerprint density at radius 2 is 2.19 bits per heavy atom. The molecule has 1 aromatic rings. The average molecular weight is 391 g/mol. The van der Waals surface area contributed by atoms with Crippen molar-refractivity contribution in [2.75, 3.05) is 13.2 Å². The summed E-state index contributed by atoms with van der Waals surface area (Å²) in [6.45, 7) is 5.85. The second-order valence-electron chi connectivity index (χ2n) is 7.00. The number of carbonyl (C=O) groups is 1. The minimum Gasteiger partial charge on any atom is -0.598 e.